The summed E-state index contributed by atoms with van der Waals surface area (Å²) in [4.78, 5) is 23.9. The summed E-state index contributed by atoms with van der Waals surface area (Å²) in [6.45, 7) is 5.19. The molecule has 1 aliphatic heterocycles. The van der Waals surface area contributed by atoms with E-state index < -0.39 is 5.97 Å². The number of hydrogen-bond donors (Lipinski definition) is 1. The zero-order valence-corrected chi connectivity index (χ0v) is 9.81. The first kappa shape index (κ1) is 13.0. The molecule has 1 atom stereocenters. The van der Waals surface area contributed by atoms with Crippen LogP contribution in [0.15, 0.2) is 0 Å². The number of carboxylic acid groups (broad SMARTS) is 1. The topological polar surface area (TPSA) is 66.8 Å². The van der Waals surface area contributed by atoms with Crippen LogP contribution in [0.1, 0.15) is 26.7 Å². The normalized spacial score (nSPS) is 21.6. The van der Waals surface area contributed by atoms with Crippen LogP contribution >= 0.6 is 0 Å². The maximum Gasteiger partial charge on any atom is 0.305 e. The second-order valence-corrected chi connectivity index (χ2v) is 4.54. The number of amides is 1. The number of morpholine rings is 1. The van der Waals surface area contributed by atoms with Gasteiger partial charge in [0, 0.05) is 6.54 Å². The van der Waals surface area contributed by atoms with Gasteiger partial charge in [0.2, 0.25) is 5.91 Å². The quantitative estimate of drug-likeness (QED) is 0.755. The van der Waals surface area contributed by atoms with Gasteiger partial charge in [-0.1, -0.05) is 13.8 Å². The molecule has 0 aliphatic carbocycles. The molecular weight excluding hydrogens is 210 g/mol. The van der Waals surface area contributed by atoms with E-state index in [1.54, 1.807) is 4.90 Å². The monoisotopic (exact) mass is 229 g/mol. The van der Waals surface area contributed by atoms with E-state index in [1.807, 2.05) is 0 Å². The van der Waals surface area contributed by atoms with Gasteiger partial charge < -0.3 is 14.7 Å². The third kappa shape index (κ3) is 3.81. The first-order valence-electron chi connectivity index (χ1n) is 5.59. The van der Waals surface area contributed by atoms with E-state index in [2.05, 4.69) is 13.8 Å². The van der Waals surface area contributed by atoms with E-state index in [0.29, 0.717) is 19.1 Å². The van der Waals surface area contributed by atoms with Crippen LogP contribution in [0.2, 0.25) is 0 Å². The van der Waals surface area contributed by atoms with Crippen LogP contribution in [-0.2, 0) is 14.3 Å². The first-order valence-corrected chi connectivity index (χ1v) is 5.59. The van der Waals surface area contributed by atoms with Gasteiger partial charge in [-0.05, 0) is 12.3 Å². The number of carboxylic acids is 1. The lowest BCUT2D eigenvalue weighted by Crippen LogP contribution is -2.50. The van der Waals surface area contributed by atoms with Crippen LogP contribution in [-0.4, -0.2) is 47.7 Å². The Bertz CT molecular complexity index is 265. The highest BCUT2D eigenvalue weighted by Gasteiger charge is 2.29. The number of carbonyl (C=O) groups is 2. The van der Waals surface area contributed by atoms with Gasteiger partial charge in [0.1, 0.15) is 6.61 Å². The fraction of sp³-hybridized carbons (Fsp3) is 0.818. The number of nitrogens with zero attached hydrogens (tertiary/aromatic N) is 1. The van der Waals surface area contributed by atoms with Crippen LogP contribution < -0.4 is 0 Å². The Balaban J connectivity index is 2.56. The summed E-state index contributed by atoms with van der Waals surface area (Å²) in [5, 5.41) is 8.75. The minimum absolute atomic E-state index is 0.0379. The molecule has 1 aliphatic rings. The van der Waals surface area contributed by atoms with Crippen molar-refractivity contribution in [3.8, 4) is 0 Å². The van der Waals surface area contributed by atoms with E-state index in [0.717, 1.165) is 6.42 Å². The van der Waals surface area contributed by atoms with Crippen molar-refractivity contribution in [2.45, 2.75) is 32.7 Å². The molecule has 0 radical (unpaired) electrons. The lowest BCUT2D eigenvalue weighted by molar-refractivity contribution is -0.152. The largest absolute Gasteiger partial charge is 0.481 e. The second-order valence-electron chi connectivity index (χ2n) is 4.54. The standard InChI is InChI=1S/C11H19NO4/c1-8(2)3-4-12-9(5-11(14)15)6-16-7-10(12)13/h8-9H,3-7H2,1-2H3,(H,14,15). The smallest absolute Gasteiger partial charge is 0.305 e. The van der Waals surface area contributed by atoms with Gasteiger partial charge in [0.05, 0.1) is 19.1 Å². The van der Waals surface area contributed by atoms with Crippen molar-refractivity contribution in [1.29, 1.82) is 0 Å². The number of rotatable bonds is 5. The lowest BCUT2D eigenvalue weighted by atomic mass is 10.1. The number of ether oxygens (including phenoxy) is 1. The van der Waals surface area contributed by atoms with E-state index in [1.165, 1.54) is 0 Å². The molecule has 0 aromatic carbocycles. The second kappa shape index (κ2) is 5.84. The molecule has 1 fully saturated rings. The molecule has 0 spiro atoms. The fourth-order valence-electron chi connectivity index (χ4n) is 1.73. The Morgan fingerprint density at radius 3 is 2.88 bits per heavy atom. The van der Waals surface area contributed by atoms with E-state index in [9.17, 15) is 9.59 Å². The molecule has 5 heteroatoms. The van der Waals surface area contributed by atoms with Crippen LogP contribution in [0.25, 0.3) is 0 Å². The van der Waals surface area contributed by atoms with Gasteiger partial charge in [0.15, 0.2) is 0 Å². The molecule has 1 heterocycles. The van der Waals surface area contributed by atoms with Crippen molar-refractivity contribution < 1.29 is 19.4 Å². The van der Waals surface area contributed by atoms with Crippen molar-refractivity contribution in [3.63, 3.8) is 0 Å². The summed E-state index contributed by atoms with van der Waals surface area (Å²) in [6, 6.07) is -0.308. The summed E-state index contributed by atoms with van der Waals surface area (Å²) in [5.74, 6) is -0.489. The predicted octanol–water partition coefficient (Wildman–Crippen LogP) is 0.735. The van der Waals surface area contributed by atoms with Crippen molar-refractivity contribution in [1.82, 2.24) is 4.90 Å². The molecule has 16 heavy (non-hydrogen) atoms. The van der Waals surface area contributed by atoms with Gasteiger partial charge >= 0.3 is 5.97 Å². The van der Waals surface area contributed by atoms with Crippen LogP contribution in [0.4, 0.5) is 0 Å². The van der Waals surface area contributed by atoms with Crippen LogP contribution in [0.3, 0.4) is 0 Å². The van der Waals surface area contributed by atoms with Crippen LogP contribution in [0, 0.1) is 5.92 Å². The molecule has 0 saturated carbocycles. The maximum absolute atomic E-state index is 11.6. The molecule has 1 N–H and O–H groups in total. The first-order chi connectivity index (χ1) is 7.50. The molecule has 0 bridgehead atoms. The molecule has 5 nitrogen and oxygen atoms in total. The predicted molar refractivity (Wildman–Crippen MR) is 58.0 cm³/mol. The average Bonchev–Trinajstić information content (AvgIpc) is 2.15. The van der Waals surface area contributed by atoms with Gasteiger partial charge in [-0.2, -0.15) is 0 Å². The maximum atomic E-state index is 11.6. The molecular formula is C11H19NO4. The van der Waals surface area contributed by atoms with Gasteiger partial charge in [0.25, 0.3) is 0 Å². The van der Waals surface area contributed by atoms with Crippen molar-refractivity contribution in [2.75, 3.05) is 19.8 Å². The summed E-state index contributed by atoms with van der Waals surface area (Å²) in [7, 11) is 0. The molecule has 0 aromatic rings. The van der Waals surface area contributed by atoms with Gasteiger partial charge in [-0.3, -0.25) is 9.59 Å². The minimum Gasteiger partial charge on any atom is -0.481 e. The third-order valence-corrected chi connectivity index (χ3v) is 2.65. The molecule has 1 rings (SSSR count). The Labute approximate surface area is 95.4 Å². The summed E-state index contributed by atoms with van der Waals surface area (Å²) >= 11 is 0. The van der Waals surface area contributed by atoms with Crippen molar-refractivity contribution in [2.24, 2.45) is 5.92 Å². The van der Waals surface area contributed by atoms with Crippen molar-refractivity contribution in [3.05, 3.63) is 0 Å². The summed E-state index contributed by atoms with van der Waals surface area (Å²) in [5.41, 5.74) is 0. The Kier molecular flexibility index (Phi) is 4.73. The molecule has 92 valence electrons. The number of carbonyl (C=O) groups excluding carboxylic acids is 1. The average molecular weight is 229 g/mol. The van der Waals surface area contributed by atoms with E-state index in [-0.39, 0.29) is 25.0 Å². The molecule has 1 saturated heterocycles. The summed E-state index contributed by atoms with van der Waals surface area (Å²) in [6.07, 6.45) is 0.853. The van der Waals surface area contributed by atoms with E-state index in [4.69, 9.17) is 9.84 Å². The highest BCUT2D eigenvalue weighted by molar-refractivity contribution is 5.79. The Morgan fingerprint density at radius 1 is 1.62 bits per heavy atom. The Hall–Kier alpha value is -1.10. The van der Waals surface area contributed by atoms with Gasteiger partial charge in [-0.25, -0.2) is 0 Å². The zero-order chi connectivity index (χ0) is 12.1. The molecule has 0 aromatic heterocycles. The number of hydrogen-bond acceptors (Lipinski definition) is 3. The lowest BCUT2D eigenvalue weighted by Gasteiger charge is -2.35. The fourth-order valence-corrected chi connectivity index (χ4v) is 1.73. The highest BCUT2D eigenvalue weighted by Crippen LogP contribution is 2.14. The van der Waals surface area contributed by atoms with E-state index >= 15 is 0 Å². The van der Waals surface area contributed by atoms with Gasteiger partial charge in [-0.15, -0.1) is 0 Å². The summed E-state index contributed by atoms with van der Waals surface area (Å²) < 4.78 is 5.08. The Morgan fingerprint density at radius 2 is 2.31 bits per heavy atom. The molecule has 1 unspecified atom stereocenters. The van der Waals surface area contributed by atoms with Crippen molar-refractivity contribution >= 4 is 11.9 Å². The highest BCUT2D eigenvalue weighted by atomic mass is 16.5. The third-order valence-electron chi connectivity index (χ3n) is 2.65. The minimum atomic E-state index is -0.891. The number of aliphatic carboxylic acids is 1. The van der Waals surface area contributed by atoms with Crippen LogP contribution in [0.5, 0.6) is 0 Å². The molecule has 1 amide bonds. The SMILES string of the molecule is CC(C)CCN1C(=O)COCC1CC(=O)O. The zero-order valence-electron chi connectivity index (χ0n) is 9.81.